The van der Waals surface area contributed by atoms with Crippen LogP contribution in [-0.2, 0) is 0 Å². The van der Waals surface area contributed by atoms with Crippen LogP contribution in [0.4, 0.5) is 0 Å². The van der Waals surface area contributed by atoms with Crippen LogP contribution >= 0.6 is 0 Å². The summed E-state index contributed by atoms with van der Waals surface area (Å²) >= 11 is 0. The molecule has 0 aromatic rings. The Morgan fingerprint density at radius 1 is 1.15 bits per heavy atom. The molecule has 120 valence electrons. The lowest BCUT2D eigenvalue weighted by Gasteiger charge is -2.32. The smallest absolute Gasteiger partial charge is 0.00767 e. The maximum absolute atomic E-state index is 3.71. The molecule has 2 nitrogen and oxygen atoms in total. The molecular weight excluding hydrogens is 244 g/mol. The van der Waals surface area contributed by atoms with Gasteiger partial charge in [-0.25, -0.2) is 0 Å². The van der Waals surface area contributed by atoms with Crippen molar-refractivity contribution in [2.45, 2.75) is 78.7 Å². The van der Waals surface area contributed by atoms with Crippen LogP contribution in [0, 0.1) is 11.8 Å². The van der Waals surface area contributed by atoms with Gasteiger partial charge in [-0.05, 0) is 50.7 Å². The van der Waals surface area contributed by atoms with E-state index in [4.69, 9.17) is 0 Å². The van der Waals surface area contributed by atoms with Gasteiger partial charge in [-0.1, -0.05) is 53.4 Å². The topological polar surface area (TPSA) is 15.3 Å². The minimum Gasteiger partial charge on any atom is -0.314 e. The summed E-state index contributed by atoms with van der Waals surface area (Å²) in [5, 5.41) is 3.71. The molecule has 2 heteroatoms. The molecule has 1 aliphatic heterocycles. The van der Waals surface area contributed by atoms with Gasteiger partial charge in [0.25, 0.3) is 0 Å². The van der Waals surface area contributed by atoms with Gasteiger partial charge in [0.1, 0.15) is 0 Å². The Balaban J connectivity index is 2.14. The minimum absolute atomic E-state index is 0.742. The van der Waals surface area contributed by atoms with Gasteiger partial charge < -0.3 is 10.2 Å². The third kappa shape index (κ3) is 8.26. The number of unbranched alkanes of at least 4 members (excludes halogenated alkanes) is 3. The van der Waals surface area contributed by atoms with Crippen molar-refractivity contribution in [3.05, 3.63) is 0 Å². The average molecular weight is 283 g/mol. The fraction of sp³-hybridized carbons (Fsp3) is 1.00. The van der Waals surface area contributed by atoms with E-state index in [1.165, 1.54) is 71.1 Å². The first-order valence-corrected chi connectivity index (χ1v) is 9.07. The van der Waals surface area contributed by atoms with E-state index in [0.717, 1.165) is 17.9 Å². The van der Waals surface area contributed by atoms with E-state index >= 15 is 0 Å². The van der Waals surface area contributed by atoms with Crippen molar-refractivity contribution in [3.63, 3.8) is 0 Å². The lowest BCUT2D eigenvalue weighted by atomic mass is 10.0. The van der Waals surface area contributed by atoms with Gasteiger partial charge in [-0.3, -0.25) is 0 Å². The highest BCUT2D eigenvalue weighted by Crippen LogP contribution is 2.12. The maximum atomic E-state index is 3.71. The predicted octanol–water partition coefficient (Wildman–Crippen LogP) is 4.30. The van der Waals surface area contributed by atoms with E-state index < -0.39 is 0 Å². The van der Waals surface area contributed by atoms with Crippen LogP contribution in [0.1, 0.15) is 72.6 Å². The molecule has 2 atom stereocenters. The van der Waals surface area contributed by atoms with Crippen molar-refractivity contribution in [1.82, 2.24) is 10.2 Å². The number of hydrogen-bond donors (Lipinski definition) is 1. The number of nitrogens with one attached hydrogen (secondary N) is 1. The second-order valence-corrected chi connectivity index (χ2v) is 7.30. The molecule has 20 heavy (non-hydrogen) atoms. The molecule has 0 amide bonds. The lowest BCUT2D eigenvalue weighted by molar-refractivity contribution is 0.193. The van der Waals surface area contributed by atoms with E-state index in [0.29, 0.717) is 0 Å². The standard InChI is InChI=1S/C18H38N2/c1-5-18-11-13-20(15-17(4)14-19-18)12-9-7-6-8-10-16(2)3/h16-19H,5-15H2,1-4H3. The average Bonchev–Trinajstić information content (AvgIpc) is 2.39. The van der Waals surface area contributed by atoms with Crippen LogP contribution in [0.3, 0.4) is 0 Å². The molecule has 0 aromatic carbocycles. The largest absolute Gasteiger partial charge is 0.314 e. The molecule has 0 radical (unpaired) electrons. The number of rotatable bonds is 8. The zero-order chi connectivity index (χ0) is 14.8. The van der Waals surface area contributed by atoms with Crippen molar-refractivity contribution < 1.29 is 0 Å². The van der Waals surface area contributed by atoms with Gasteiger partial charge in [0.2, 0.25) is 0 Å². The molecule has 0 spiro atoms. The van der Waals surface area contributed by atoms with E-state index in [9.17, 15) is 0 Å². The normalized spacial score (nSPS) is 25.6. The summed E-state index contributed by atoms with van der Waals surface area (Å²) < 4.78 is 0. The molecule has 0 aromatic heterocycles. The third-order valence-electron chi connectivity index (χ3n) is 4.62. The first kappa shape index (κ1) is 18.0. The number of nitrogens with zero attached hydrogens (tertiary/aromatic N) is 1. The quantitative estimate of drug-likeness (QED) is 0.668. The third-order valence-corrected chi connectivity index (χ3v) is 4.62. The highest BCUT2D eigenvalue weighted by atomic mass is 15.1. The minimum atomic E-state index is 0.742. The first-order chi connectivity index (χ1) is 9.61. The lowest BCUT2D eigenvalue weighted by Crippen LogP contribution is -2.43. The predicted molar refractivity (Wildman–Crippen MR) is 90.2 cm³/mol. The van der Waals surface area contributed by atoms with Crippen molar-refractivity contribution in [1.29, 1.82) is 0 Å². The zero-order valence-corrected chi connectivity index (χ0v) is 14.5. The summed E-state index contributed by atoms with van der Waals surface area (Å²) in [6.45, 7) is 14.5. The van der Waals surface area contributed by atoms with Crippen molar-refractivity contribution >= 4 is 0 Å². The highest BCUT2D eigenvalue weighted by Gasteiger charge is 2.17. The van der Waals surface area contributed by atoms with Gasteiger partial charge in [-0.15, -0.1) is 0 Å². The molecule has 1 heterocycles. The molecular formula is C18H38N2. The molecule has 1 rings (SSSR count). The van der Waals surface area contributed by atoms with Crippen LogP contribution in [-0.4, -0.2) is 37.1 Å². The first-order valence-electron chi connectivity index (χ1n) is 9.07. The molecule has 1 fully saturated rings. The van der Waals surface area contributed by atoms with Crippen LogP contribution in [0.2, 0.25) is 0 Å². The van der Waals surface area contributed by atoms with Crippen molar-refractivity contribution in [2.24, 2.45) is 11.8 Å². The van der Waals surface area contributed by atoms with Crippen LogP contribution in [0.25, 0.3) is 0 Å². The fourth-order valence-corrected chi connectivity index (χ4v) is 3.20. The van der Waals surface area contributed by atoms with Crippen molar-refractivity contribution in [3.8, 4) is 0 Å². The Bertz CT molecular complexity index is 227. The summed E-state index contributed by atoms with van der Waals surface area (Å²) in [4.78, 5) is 2.72. The monoisotopic (exact) mass is 282 g/mol. The molecule has 2 unspecified atom stereocenters. The fourth-order valence-electron chi connectivity index (χ4n) is 3.20. The SMILES string of the molecule is CCC1CCN(CCCCCCC(C)C)CC(C)CN1. The Kier molecular flexibility index (Phi) is 9.54. The van der Waals surface area contributed by atoms with Gasteiger partial charge in [0.05, 0.1) is 0 Å². The highest BCUT2D eigenvalue weighted by molar-refractivity contribution is 4.75. The van der Waals surface area contributed by atoms with E-state index in [1.807, 2.05) is 0 Å². The molecule has 1 N–H and O–H groups in total. The van der Waals surface area contributed by atoms with Gasteiger partial charge in [0, 0.05) is 12.6 Å². The van der Waals surface area contributed by atoms with Crippen molar-refractivity contribution in [2.75, 3.05) is 26.2 Å². The zero-order valence-electron chi connectivity index (χ0n) is 14.5. The summed E-state index contributed by atoms with van der Waals surface area (Å²) in [6, 6.07) is 0.742. The molecule has 0 bridgehead atoms. The Morgan fingerprint density at radius 2 is 1.90 bits per heavy atom. The van der Waals surface area contributed by atoms with E-state index in [-0.39, 0.29) is 0 Å². The van der Waals surface area contributed by atoms with Crippen LogP contribution in [0.15, 0.2) is 0 Å². The molecule has 0 saturated carbocycles. The summed E-state index contributed by atoms with van der Waals surface area (Å²) in [5.74, 6) is 1.67. The van der Waals surface area contributed by atoms with Crippen LogP contribution in [0.5, 0.6) is 0 Å². The van der Waals surface area contributed by atoms with Gasteiger partial charge >= 0.3 is 0 Å². The summed E-state index contributed by atoms with van der Waals surface area (Å²) in [5.41, 5.74) is 0. The second-order valence-electron chi connectivity index (χ2n) is 7.30. The Labute approximate surface area is 127 Å². The van der Waals surface area contributed by atoms with Gasteiger partial charge in [0.15, 0.2) is 0 Å². The summed E-state index contributed by atoms with van der Waals surface area (Å²) in [6.07, 6.45) is 9.69. The summed E-state index contributed by atoms with van der Waals surface area (Å²) in [7, 11) is 0. The molecule has 0 aliphatic carbocycles. The molecule has 1 aliphatic rings. The van der Waals surface area contributed by atoms with Gasteiger partial charge in [-0.2, -0.15) is 0 Å². The van der Waals surface area contributed by atoms with Crippen LogP contribution < -0.4 is 5.32 Å². The molecule has 1 saturated heterocycles. The van der Waals surface area contributed by atoms with E-state index in [1.54, 1.807) is 0 Å². The second kappa shape index (κ2) is 10.6. The maximum Gasteiger partial charge on any atom is 0.00767 e. The number of hydrogen-bond acceptors (Lipinski definition) is 2. The van der Waals surface area contributed by atoms with E-state index in [2.05, 4.69) is 37.9 Å². The Morgan fingerprint density at radius 3 is 2.60 bits per heavy atom. The Hall–Kier alpha value is -0.0800.